The topological polar surface area (TPSA) is 72.7 Å². The quantitative estimate of drug-likeness (QED) is 0.327. The van der Waals surface area contributed by atoms with E-state index in [-0.39, 0.29) is 0 Å². The standard InChI is InChI=1S/C6H15NO3/c1-4(2)3-5(8)6(9)7-10/h4-10H,3H2,1-2H3. The third-order valence-corrected chi connectivity index (χ3v) is 1.21. The summed E-state index contributed by atoms with van der Waals surface area (Å²) in [6.07, 6.45) is -1.67. The zero-order valence-electron chi connectivity index (χ0n) is 6.28. The molecule has 4 N–H and O–H groups in total. The number of hydrogen-bond donors (Lipinski definition) is 4. The van der Waals surface area contributed by atoms with Crippen molar-refractivity contribution in [3.63, 3.8) is 0 Å². The highest BCUT2D eigenvalue weighted by Crippen LogP contribution is 2.05. The monoisotopic (exact) mass is 149 g/mol. The van der Waals surface area contributed by atoms with Crippen LogP contribution in [0.3, 0.4) is 0 Å². The normalized spacial score (nSPS) is 17.4. The molecule has 4 nitrogen and oxygen atoms in total. The maximum atomic E-state index is 9.02. The minimum Gasteiger partial charge on any atom is -0.389 e. The molecule has 0 saturated heterocycles. The number of aliphatic hydroxyl groups excluding tert-OH is 2. The smallest absolute Gasteiger partial charge is 0.152 e. The fourth-order valence-corrected chi connectivity index (χ4v) is 0.698. The molecule has 62 valence electrons. The van der Waals surface area contributed by atoms with Crippen molar-refractivity contribution in [3.05, 3.63) is 0 Å². The van der Waals surface area contributed by atoms with Crippen molar-refractivity contribution in [2.75, 3.05) is 0 Å². The van der Waals surface area contributed by atoms with Crippen LogP contribution in [0.15, 0.2) is 0 Å². The Bertz CT molecular complexity index is 87.1. The van der Waals surface area contributed by atoms with Gasteiger partial charge in [0.1, 0.15) is 0 Å². The Morgan fingerprint density at radius 2 is 1.80 bits per heavy atom. The van der Waals surface area contributed by atoms with Crippen LogP contribution in [0.4, 0.5) is 0 Å². The van der Waals surface area contributed by atoms with Crippen LogP contribution >= 0.6 is 0 Å². The van der Waals surface area contributed by atoms with E-state index in [1.54, 1.807) is 5.48 Å². The molecular formula is C6H15NO3. The second-order valence-electron chi connectivity index (χ2n) is 2.77. The van der Waals surface area contributed by atoms with Crippen LogP contribution in [0, 0.1) is 5.92 Å². The average Bonchev–Trinajstić information content (AvgIpc) is 1.85. The third kappa shape index (κ3) is 3.79. The van der Waals surface area contributed by atoms with Gasteiger partial charge < -0.3 is 15.4 Å². The number of hydroxylamine groups is 1. The molecule has 0 spiro atoms. The Hall–Kier alpha value is -0.160. The van der Waals surface area contributed by atoms with Gasteiger partial charge in [-0.15, -0.1) is 0 Å². The fraction of sp³-hybridized carbons (Fsp3) is 1.00. The van der Waals surface area contributed by atoms with Crippen LogP contribution in [0.1, 0.15) is 20.3 Å². The highest BCUT2D eigenvalue weighted by Gasteiger charge is 2.15. The highest BCUT2D eigenvalue weighted by molar-refractivity contribution is 4.62. The summed E-state index contributed by atoms with van der Waals surface area (Å²) < 4.78 is 0. The first-order chi connectivity index (χ1) is 4.57. The number of rotatable bonds is 4. The molecule has 0 aromatic heterocycles. The molecule has 0 aromatic carbocycles. The molecule has 2 unspecified atom stereocenters. The Labute approximate surface area is 60.5 Å². The molecule has 0 radical (unpaired) electrons. The predicted molar refractivity (Wildman–Crippen MR) is 36.4 cm³/mol. The fourth-order valence-electron chi connectivity index (χ4n) is 0.698. The van der Waals surface area contributed by atoms with Gasteiger partial charge in [0.05, 0.1) is 6.10 Å². The van der Waals surface area contributed by atoms with Gasteiger partial charge >= 0.3 is 0 Å². The maximum absolute atomic E-state index is 9.02. The van der Waals surface area contributed by atoms with Crippen LogP contribution in [0.25, 0.3) is 0 Å². The summed E-state index contributed by atoms with van der Waals surface area (Å²) in [5.41, 5.74) is 1.58. The van der Waals surface area contributed by atoms with Crippen LogP contribution in [0.5, 0.6) is 0 Å². The van der Waals surface area contributed by atoms with E-state index in [4.69, 9.17) is 15.4 Å². The summed E-state index contributed by atoms with van der Waals surface area (Å²) in [7, 11) is 0. The number of aliphatic hydroxyl groups is 2. The van der Waals surface area contributed by atoms with E-state index in [1.165, 1.54) is 0 Å². The molecule has 0 heterocycles. The van der Waals surface area contributed by atoms with Gasteiger partial charge in [0.25, 0.3) is 0 Å². The summed E-state index contributed by atoms with van der Waals surface area (Å²) in [6, 6.07) is 0. The van der Waals surface area contributed by atoms with Crippen molar-refractivity contribution in [2.45, 2.75) is 32.6 Å². The van der Waals surface area contributed by atoms with E-state index >= 15 is 0 Å². The zero-order chi connectivity index (χ0) is 8.15. The minimum atomic E-state index is -1.23. The lowest BCUT2D eigenvalue weighted by atomic mass is 10.1. The molecule has 0 aliphatic rings. The van der Waals surface area contributed by atoms with E-state index < -0.39 is 12.3 Å². The summed E-state index contributed by atoms with van der Waals surface area (Å²) in [5, 5.41) is 25.9. The van der Waals surface area contributed by atoms with Crippen LogP contribution in [-0.2, 0) is 0 Å². The van der Waals surface area contributed by atoms with Crippen LogP contribution in [0.2, 0.25) is 0 Å². The molecule has 0 saturated carbocycles. The Morgan fingerprint density at radius 3 is 2.10 bits per heavy atom. The maximum Gasteiger partial charge on any atom is 0.152 e. The van der Waals surface area contributed by atoms with Gasteiger partial charge in [-0.2, -0.15) is 5.48 Å². The van der Waals surface area contributed by atoms with Crippen molar-refractivity contribution in [2.24, 2.45) is 5.92 Å². The molecular weight excluding hydrogens is 134 g/mol. The van der Waals surface area contributed by atoms with Gasteiger partial charge in [-0.1, -0.05) is 13.8 Å². The Kier molecular flexibility index (Phi) is 4.55. The zero-order valence-corrected chi connectivity index (χ0v) is 6.28. The Balaban J connectivity index is 3.50. The van der Waals surface area contributed by atoms with Gasteiger partial charge in [0.2, 0.25) is 0 Å². The molecule has 10 heavy (non-hydrogen) atoms. The minimum absolute atomic E-state index is 0.304. The lowest BCUT2D eigenvalue weighted by Crippen LogP contribution is -2.38. The third-order valence-electron chi connectivity index (χ3n) is 1.21. The largest absolute Gasteiger partial charge is 0.389 e. The van der Waals surface area contributed by atoms with E-state index in [0.29, 0.717) is 12.3 Å². The molecule has 2 atom stereocenters. The summed E-state index contributed by atoms with van der Waals surface area (Å²) >= 11 is 0. The van der Waals surface area contributed by atoms with Crippen molar-refractivity contribution in [1.82, 2.24) is 5.48 Å². The van der Waals surface area contributed by atoms with Crippen molar-refractivity contribution in [3.8, 4) is 0 Å². The number of hydrogen-bond acceptors (Lipinski definition) is 4. The van der Waals surface area contributed by atoms with Crippen molar-refractivity contribution >= 4 is 0 Å². The first kappa shape index (κ1) is 9.84. The van der Waals surface area contributed by atoms with Crippen molar-refractivity contribution < 1.29 is 15.4 Å². The first-order valence-electron chi connectivity index (χ1n) is 3.33. The molecule has 4 heteroatoms. The van der Waals surface area contributed by atoms with E-state index in [9.17, 15) is 0 Å². The predicted octanol–water partition coefficient (Wildman–Crippen LogP) is -0.309. The van der Waals surface area contributed by atoms with Gasteiger partial charge in [-0.25, -0.2) is 0 Å². The summed E-state index contributed by atoms with van der Waals surface area (Å²) in [6.45, 7) is 3.85. The lowest BCUT2D eigenvalue weighted by molar-refractivity contribution is -0.0786. The second kappa shape index (κ2) is 4.62. The molecule has 0 fully saturated rings. The molecule has 0 aliphatic carbocycles. The van der Waals surface area contributed by atoms with Gasteiger partial charge in [-0.05, 0) is 12.3 Å². The Morgan fingerprint density at radius 1 is 1.30 bits per heavy atom. The lowest BCUT2D eigenvalue weighted by Gasteiger charge is -2.17. The molecule has 0 bridgehead atoms. The van der Waals surface area contributed by atoms with Crippen LogP contribution in [-0.4, -0.2) is 27.8 Å². The average molecular weight is 149 g/mol. The summed E-state index contributed by atoms with van der Waals surface area (Å²) in [5.74, 6) is 0.304. The SMILES string of the molecule is CC(C)CC(O)C(O)NO. The highest BCUT2D eigenvalue weighted by atomic mass is 16.5. The van der Waals surface area contributed by atoms with E-state index in [2.05, 4.69) is 0 Å². The first-order valence-corrected chi connectivity index (χ1v) is 3.33. The molecule has 0 rings (SSSR count). The summed E-state index contributed by atoms with van der Waals surface area (Å²) in [4.78, 5) is 0. The van der Waals surface area contributed by atoms with Gasteiger partial charge in [0.15, 0.2) is 6.23 Å². The molecule has 0 aliphatic heterocycles. The van der Waals surface area contributed by atoms with Crippen LogP contribution < -0.4 is 5.48 Å². The van der Waals surface area contributed by atoms with Gasteiger partial charge in [-0.3, -0.25) is 0 Å². The molecule has 0 aromatic rings. The number of nitrogens with one attached hydrogen (secondary N) is 1. The van der Waals surface area contributed by atoms with Crippen molar-refractivity contribution in [1.29, 1.82) is 0 Å². The molecule has 0 amide bonds. The van der Waals surface area contributed by atoms with Gasteiger partial charge in [0, 0.05) is 0 Å². The second-order valence-corrected chi connectivity index (χ2v) is 2.77. The van der Waals surface area contributed by atoms with E-state index in [1.807, 2.05) is 13.8 Å². The van der Waals surface area contributed by atoms with E-state index in [0.717, 1.165) is 0 Å².